The maximum atomic E-state index is 12.5. The van der Waals surface area contributed by atoms with Gasteiger partial charge in [-0.25, -0.2) is 8.57 Å². The molecule has 0 aliphatic carbocycles. The Labute approximate surface area is 91.5 Å². The molecule has 0 heterocycles. The highest BCUT2D eigenvalue weighted by Crippen LogP contribution is 2.13. The molecule has 1 aromatic rings. The number of rotatable bonds is 5. The second kappa shape index (κ2) is 5.51. The molecule has 0 radical (unpaired) electrons. The van der Waals surface area contributed by atoms with Crippen LogP contribution in [0.5, 0.6) is 0 Å². The molecule has 1 aromatic carbocycles. The topological polar surface area (TPSA) is 29.4 Å². The smallest absolute Gasteiger partial charge is 0.0791 e. The van der Waals surface area contributed by atoms with Gasteiger partial charge in [-0.1, -0.05) is 30.4 Å². The van der Waals surface area contributed by atoms with E-state index in [1.807, 2.05) is 30.3 Å². The van der Waals surface area contributed by atoms with E-state index in [2.05, 4.69) is 17.5 Å². The minimum Gasteiger partial charge on any atom is -0.244 e. The van der Waals surface area contributed by atoms with Crippen LogP contribution in [0.1, 0.15) is 0 Å². The fraction of sp³-hybridized carbons (Fsp3) is 0.167. The van der Waals surface area contributed by atoms with E-state index in [9.17, 15) is 4.21 Å². The number of hydrogen-bond acceptors (Lipinski definition) is 2. The van der Waals surface area contributed by atoms with Crippen molar-refractivity contribution in [2.45, 2.75) is 4.90 Å². The van der Waals surface area contributed by atoms with Crippen LogP contribution in [0.4, 0.5) is 0 Å². The molecule has 80 valence electrons. The first kappa shape index (κ1) is 11.7. The summed E-state index contributed by atoms with van der Waals surface area (Å²) in [5.41, 5.74) is 0. The molecule has 0 N–H and O–H groups in total. The monoisotopic (exact) mass is 221 g/mol. The minimum atomic E-state index is -2.34. The third-order valence-corrected chi connectivity index (χ3v) is 4.13. The quantitative estimate of drug-likeness (QED) is 0.703. The van der Waals surface area contributed by atoms with E-state index in [0.29, 0.717) is 12.3 Å². The molecule has 0 fully saturated rings. The van der Waals surface area contributed by atoms with Crippen molar-refractivity contribution in [2.75, 3.05) is 12.3 Å². The van der Waals surface area contributed by atoms with E-state index in [1.165, 1.54) is 0 Å². The summed E-state index contributed by atoms with van der Waals surface area (Å²) < 4.78 is 16.6. The Bertz CT molecular complexity index is 442. The van der Waals surface area contributed by atoms with E-state index in [4.69, 9.17) is 0 Å². The van der Waals surface area contributed by atoms with Gasteiger partial charge in [-0.05, 0) is 12.1 Å². The van der Waals surface area contributed by atoms with Crippen LogP contribution in [0, 0.1) is 0 Å². The van der Waals surface area contributed by atoms with Crippen LogP contribution in [-0.4, -0.2) is 16.5 Å². The molecule has 1 rings (SSSR count). The van der Waals surface area contributed by atoms with Gasteiger partial charge in [0.25, 0.3) is 0 Å². The van der Waals surface area contributed by atoms with Crippen molar-refractivity contribution in [3.63, 3.8) is 0 Å². The Morgan fingerprint density at radius 2 is 1.87 bits per heavy atom. The molecule has 0 aliphatic heterocycles. The van der Waals surface area contributed by atoms with E-state index in [0.717, 1.165) is 4.90 Å². The Hall–Kier alpha value is -1.35. The van der Waals surface area contributed by atoms with Gasteiger partial charge in [0.05, 0.1) is 22.0 Å². The van der Waals surface area contributed by atoms with Crippen molar-refractivity contribution in [3.05, 3.63) is 55.6 Å². The summed E-state index contributed by atoms with van der Waals surface area (Å²) in [5, 5.41) is 0. The average molecular weight is 221 g/mol. The van der Waals surface area contributed by atoms with Crippen LogP contribution in [0.2, 0.25) is 0 Å². The third kappa shape index (κ3) is 3.06. The van der Waals surface area contributed by atoms with E-state index < -0.39 is 9.73 Å². The van der Waals surface area contributed by atoms with Crippen LogP contribution < -0.4 is 0 Å². The second-order valence-electron chi connectivity index (χ2n) is 3.01. The molecule has 0 saturated carbocycles. The standard InChI is InChI=1S/C12H15NOS/c1-3-10-13-15(14,11-4-2)12-8-6-5-7-9-12/h3-9H,1-2,10-11H2. The van der Waals surface area contributed by atoms with Crippen molar-refractivity contribution in [1.29, 1.82) is 0 Å². The van der Waals surface area contributed by atoms with E-state index >= 15 is 0 Å². The zero-order valence-electron chi connectivity index (χ0n) is 8.63. The SMILES string of the molecule is C=CCN=S(=O)(CC=C)c1ccccc1. The first-order valence-corrected chi connectivity index (χ1v) is 6.39. The van der Waals surface area contributed by atoms with Crippen LogP contribution in [0.15, 0.2) is 64.9 Å². The van der Waals surface area contributed by atoms with Gasteiger partial charge in [-0.3, -0.25) is 0 Å². The van der Waals surface area contributed by atoms with Gasteiger partial charge >= 0.3 is 0 Å². The van der Waals surface area contributed by atoms with Crippen molar-refractivity contribution < 1.29 is 4.21 Å². The van der Waals surface area contributed by atoms with Gasteiger partial charge in [0.15, 0.2) is 0 Å². The summed E-state index contributed by atoms with van der Waals surface area (Å²) in [5.74, 6) is 0.380. The lowest BCUT2D eigenvalue weighted by Gasteiger charge is -2.07. The predicted octanol–water partition coefficient (Wildman–Crippen LogP) is 2.89. The van der Waals surface area contributed by atoms with Crippen LogP contribution in [0.3, 0.4) is 0 Å². The lowest BCUT2D eigenvalue weighted by molar-refractivity contribution is 0.677. The third-order valence-electron chi connectivity index (χ3n) is 1.87. The van der Waals surface area contributed by atoms with Crippen LogP contribution in [0.25, 0.3) is 0 Å². The van der Waals surface area contributed by atoms with Crippen molar-refractivity contribution >= 4 is 9.73 Å². The van der Waals surface area contributed by atoms with Crippen molar-refractivity contribution in [2.24, 2.45) is 4.36 Å². The average Bonchev–Trinajstić information content (AvgIpc) is 2.28. The van der Waals surface area contributed by atoms with Gasteiger partial charge in [0.2, 0.25) is 0 Å². The summed E-state index contributed by atoms with van der Waals surface area (Å²) in [6.07, 6.45) is 3.29. The van der Waals surface area contributed by atoms with Gasteiger partial charge < -0.3 is 0 Å². The molecule has 0 spiro atoms. The highest BCUT2D eigenvalue weighted by molar-refractivity contribution is 7.93. The highest BCUT2D eigenvalue weighted by Gasteiger charge is 2.08. The zero-order chi connectivity index (χ0) is 11.1. The van der Waals surface area contributed by atoms with Crippen molar-refractivity contribution in [1.82, 2.24) is 0 Å². The van der Waals surface area contributed by atoms with Crippen molar-refractivity contribution in [3.8, 4) is 0 Å². The molecule has 1 atom stereocenters. The molecule has 2 nitrogen and oxygen atoms in total. The van der Waals surface area contributed by atoms with Gasteiger partial charge in [-0.2, -0.15) is 0 Å². The lowest BCUT2D eigenvalue weighted by atomic mass is 10.4. The Morgan fingerprint density at radius 1 is 1.20 bits per heavy atom. The summed E-state index contributed by atoms with van der Waals surface area (Å²) in [4.78, 5) is 0.756. The molecule has 1 unspecified atom stereocenters. The summed E-state index contributed by atoms with van der Waals surface area (Å²) in [6.45, 7) is 7.59. The summed E-state index contributed by atoms with van der Waals surface area (Å²) >= 11 is 0. The number of hydrogen-bond donors (Lipinski definition) is 0. The molecule has 0 amide bonds. The Kier molecular flexibility index (Phi) is 4.31. The first-order chi connectivity index (χ1) is 7.23. The maximum absolute atomic E-state index is 12.5. The molecule has 0 aromatic heterocycles. The fourth-order valence-electron chi connectivity index (χ4n) is 1.19. The fourth-order valence-corrected chi connectivity index (χ4v) is 2.88. The molecular weight excluding hydrogens is 206 g/mol. The Morgan fingerprint density at radius 3 is 2.40 bits per heavy atom. The Balaban J connectivity index is 3.18. The first-order valence-electron chi connectivity index (χ1n) is 4.70. The molecule has 15 heavy (non-hydrogen) atoms. The molecule has 0 bridgehead atoms. The predicted molar refractivity (Wildman–Crippen MR) is 65.4 cm³/mol. The maximum Gasteiger partial charge on any atom is 0.0791 e. The highest BCUT2D eigenvalue weighted by atomic mass is 32.2. The molecule has 3 heteroatoms. The second-order valence-corrected chi connectivity index (χ2v) is 5.35. The molecule has 0 aliphatic rings. The zero-order valence-corrected chi connectivity index (χ0v) is 9.45. The van der Waals surface area contributed by atoms with E-state index in [-0.39, 0.29) is 0 Å². The van der Waals surface area contributed by atoms with Crippen LogP contribution >= 0.6 is 0 Å². The van der Waals surface area contributed by atoms with Gasteiger partial charge in [-0.15, -0.1) is 13.2 Å². The van der Waals surface area contributed by atoms with Gasteiger partial charge in [0, 0.05) is 4.90 Å². The summed E-state index contributed by atoms with van der Waals surface area (Å²) in [6, 6.07) is 9.28. The summed E-state index contributed by atoms with van der Waals surface area (Å²) in [7, 11) is -2.34. The lowest BCUT2D eigenvalue weighted by Crippen LogP contribution is -2.05. The molecular formula is C12H15NOS. The van der Waals surface area contributed by atoms with E-state index in [1.54, 1.807) is 12.2 Å². The number of benzene rings is 1. The molecule has 0 saturated heterocycles. The van der Waals surface area contributed by atoms with Crippen LogP contribution in [-0.2, 0) is 9.73 Å². The number of nitrogens with zero attached hydrogens (tertiary/aromatic N) is 1. The minimum absolute atomic E-state index is 0.380. The largest absolute Gasteiger partial charge is 0.244 e. The van der Waals surface area contributed by atoms with Gasteiger partial charge in [0.1, 0.15) is 0 Å². The normalized spacial score (nSPS) is 13.9.